The first-order valence-corrected chi connectivity index (χ1v) is 9.48. The van der Waals surface area contributed by atoms with Crippen LogP contribution in [0.1, 0.15) is 49.2 Å². The molecule has 3 rings (SSSR count). The summed E-state index contributed by atoms with van der Waals surface area (Å²) in [5, 5.41) is 3.07. The van der Waals surface area contributed by atoms with Crippen molar-refractivity contribution in [2.24, 2.45) is 0 Å². The van der Waals surface area contributed by atoms with E-state index in [0.29, 0.717) is 5.92 Å². The molecule has 1 aromatic carbocycles. The predicted molar refractivity (Wildman–Crippen MR) is 104 cm³/mol. The molecule has 0 spiro atoms. The zero-order chi connectivity index (χ0) is 18.5. The number of hydrogen-bond donors (Lipinski definition) is 1. The van der Waals surface area contributed by atoms with Crippen LogP contribution in [0, 0.1) is 13.8 Å². The van der Waals surface area contributed by atoms with Crippen LogP contribution < -0.4 is 5.32 Å². The molecule has 0 aliphatic carbocycles. The first kappa shape index (κ1) is 18.5. The number of piperidine rings is 1. The van der Waals surface area contributed by atoms with Gasteiger partial charge in [0.25, 0.3) is 0 Å². The number of nitrogens with one attached hydrogen (secondary N) is 1. The van der Waals surface area contributed by atoms with Gasteiger partial charge in [0.05, 0.1) is 6.04 Å². The molecule has 2 aromatic rings. The van der Waals surface area contributed by atoms with Crippen molar-refractivity contribution in [3.05, 3.63) is 53.6 Å². The highest BCUT2D eigenvalue weighted by atomic mass is 16.2. The fourth-order valence-corrected chi connectivity index (χ4v) is 3.68. The number of anilines is 1. The van der Waals surface area contributed by atoms with Gasteiger partial charge in [-0.25, -0.2) is 9.97 Å². The van der Waals surface area contributed by atoms with E-state index in [-0.39, 0.29) is 11.9 Å². The molecule has 1 aliphatic rings. The molecule has 1 aliphatic heterocycles. The normalized spacial score (nSPS) is 17.0. The molecule has 0 saturated carbocycles. The van der Waals surface area contributed by atoms with Crippen LogP contribution in [-0.2, 0) is 4.79 Å². The molecule has 1 aromatic heterocycles. The number of carbonyl (C=O) groups excluding carboxylic acids is 1. The van der Waals surface area contributed by atoms with Gasteiger partial charge >= 0.3 is 0 Å². The third kappa shape index (κ3) is 4.47. The lowest BCUT2D eigenvalue weighted by atomic mass is 9.92. The van der Waals surface area contributed by atoms with Crippen molar-refractivity contribution < 1.29 is 4.79 Å². The van der Waals surface area contributed by atoms with Gasteiger partial charge in [-0.1, -0.05) is 24.6 Å². The smallest absolute Gasteiger partial charge is 0.241 e. The average molecular weight is 352 g/mol. The molecule has 1 atom stereocenters. The topological polar surface area (TPSA) is 58.1 Å². The van der Waals surface area contributed by atoms with Crippen LogP contribution in [0.25, 0.3) is 0 Å². The molecule has 1 N–H and O–H groups in total. The first-order valence-electron chi connectivity index (χ1n) is 9.48. The second-order valence-corrected chi connectivity index (χ2v) is 7.12. The lowest BCUT2D eigenvalue weighted by Crippen LogP contribution is -2.47. The zero-order valence-corrected chi connectivity index (χ0v) is 15.9. The average Bonchev–Trinajstić information content (AvgIpc) is 2.65. The number of carbonyl (C=O) groups is 1. The van der Waals surface area contributed by atoms with Gasteiger partial charge in [-0.2, -0.15) is 0 Å². The van der Waals surface area contributed by atoms with Crippen molar-refractivity contribution in [3.8, 4) is 0 Å². The van der Waals surface area contributed by atoms with Crippen LogP contribution in [0.2, 0.25) is 0 Å². The second-order valence-electron chi connectivity index (χ2n) is 7.12. The van der Waals surface area contributed by atoms with E-state index in [1.54, 1.807) is 0 Å². The zero-order valence-electron chi connectivity index (χ0n) is 15.9. The van der Waals surface area contributed by atoms with Crippen molar-refractivity contribution >= 4 is 11.6 Å². The van der Waals surface area contributed by atoms with E-state index in [1.807, 2.05) is 50.4 Å². The first-order chi connectivity index (χ1) is 12.6. The fourth-order valence-electron chi connectivity index (χ4n) is 3.68. The quantitative estimate of drug-likeness (QED) is 0.891. The summed E-state index contributed by atoms with van der Waals surface area (Å²) in [4.78, 5) is 23.8. The summed E-state index contributed by atoms with van der Waals surface area (Å²) in [6.45, 7) is 7.91. The Hall–Kier alpha value is -2.27. The van der Waals surface area contributed by atoms with Crippen molar-refractivity contribution in [1.29, 1.82) is 0 Å². The number of hydrogen-bond acceptors (Lipinski definition) is 4. The van der Waals surface area contributed by atoms with Crippen LogP contribution in [0.4, 0.5) is 5.69 Å². The van der Waals surface area contributed by atoms with Gasteiger partial charge in [-0.3, -0.25) is 9.69 Å². The number of amides is 1. The van der Waals surface area contributed by atoms with Gasteiger partial charge < -0.3 is 5.32 Å². The summed E-state index contributed by atoms with van der Waals surface area (Å²) in [6.07, 6.45) is 4.72. The maximum atomic E-state index is 12.8. The van der Waals surface area contributed by atoms with Crippen molar-refractivity contribution in [2.45, 2.75) is 52.0 Å². The lowest BCUT2D eigenvalue weighted by Gasteiger charge is -2.36. The number of rotatable bonds is 5. The van der Waals surface area contributed by atoms with E-state index >= 15 is 0 Å². The van der Waals surface area contributed by atoms with Gasteiger partial charge in [0.1, 0.15) is 5.82 Å². The standard InChI is InChI=1S/C21H28N4O/c1-4-20(21(26)24-18-7-5-15(2)6-8-18)25-13-10-17(11-14-25)19-9-12-22-16(3)23-19/h5-9,12,17,20H,4,10-11,13-14H2,1-3H3,(H,24,26). The minimum absolute atomic E-state index is 0.0793. The van der Waals surface area contributed by atoms with E-state index in [4.69, 9.17) is 0 Å². The Labute approximate surface area is 155 Å². The van der Waals surface area contributed by atoms with Crippen LogP contribution in [0.15, 0.2) is 36.5 Å². The highest BCUT2D eigenvalue weighted by molar-refractivity contribution is 5.94. The predicted octanol–water partition coefficient (Wildman–Crippen LogP) is 3.69. The van der Waals surface area contributed by atoms with Gasteiger partial charge in [-0.15, -0.1) is 0 Å². The molecule has 1 amide bonds. The lowest BCUT2D eigenvalue weighted by molar-refractivity contribution is -0.121. The highest BCUT2D eigenvalue weighted by Crippen LogP contribution is 2.28. The maximum absolute atomic E-state index is 12.8. The van der Waals surface area contributed by atoms with E-state index < -0.39 is 0 Å². The molecule has 2 heterocycles. The molecular weight excluding hydrogens is 324 g/mol. The number of aromatic nitrogens is 2. The molecule has 5 nitrogen and oxygen atoms in total. The summed E-state index contributed by atoms with van der Waals surface area (Å²) in [7, 11) is 0. The highest BCUT2D eigenvalue weighted by Gasteiger charge is 2.29. The van der Waals surface area contributed by atoms with E-state index in [0.717, 1.165) is 49.6 Å². The third-order valence-electron chi connectivity index (χ3n) is 5.19. The second kappa shape index (κ2) is 8.41. The van der Waals surface area contributed by atoms with Gasteiger partial charge in [0, 0.05) is 23.5 Å². The minimum Gasteiger partial charge on any atom is -0.325 e. The van der Waals surface area contributed by atoms with E-state index in [2.05, 4.69) is 27.1 Å². The number of likely N-dealkylation sites (tertiary alicyclic amines) is 1. The van der Waals surface area contributed by atoms with Crippen LogP contribution in [0.3, 0.4) is 0 Å². The molecule has 138 valence electrons. The van der Waals surface area contributed by atoms with E-state index in [9.17, 15) is 4.79 Å². The van der Waals surface area contributed by atoms with Crippen molar-refractivity contribution in [3.63, 3.8) is 0 Å². The monoisotopic (exact) mass is 352 g/mol. The molecule has 1 unspecified atom stereocenters. The molecular formula is C21H28N4O. The maximum Gasteiger partial charge on any atom is 0.241 e. The number of aryl methyl sites for hydroxylation is 2. The van der Waals surface area contributed by atoms with E-state index in [1.165, 1.54) is 5.56 Å². The Balaban J connectivity index is 1.59. The Kier molecular flexibility index (Phi) is 5.99. The molecule has 1 saturated heterocycles. The molecule has 5 heteroatoms. The summed E-state index contributed by atoms with van der Waals surface area (Å²) in [5.74, 6) is 1.38. The SMILES string of the molecule is CCC(C(=O)Nc1ccc(C)cc1)N1CCC(c2ccnc(C)n2)CC1. The summed E-state index contributed by atoms with van der Waals surface area (Å²) in [6, 6.07) is 9.91. The number of nitrogens with zero attached hydrogens (tertiary/aromatic N) is 3. The van der Waals surface area contributed by atoms with Crippen molar-refractivity contribution in [1.82, 2.24) is 14.9 Å². The van der Waals surface area contributed by atoms with Gasteiger partial charge in [0.2, 0.25) is 5.91 Å². The Morgan fingerprint density at radius 3 is 2.50 bits per heavy atom. The molecule has 26 heavy (non-hydrogen) atoms. The Morgan fingerprint density at radius 1 is 1.19 bits per heavy atom. The molecule has 1 fully saturated rings. The third-order valence-corrected chi connectivity index (χ3v) is 5.19. The summed E-state index contributed by atoms with van der Waals surface area (Å²) >= 11 is 0. The molecule has 0 radical (unpaired) electrons. The Morgan fingerprint density at radius 2 is 1.88 bits per heavy atom. The Bertz CT molecular complexity index is 736. The largest absolute Gasteiger partial charge is 0.325 e. The van der Waals surface area contributed by atoms with Crippen LogP contribution in [-0.4, -0.2) is 39.9 Å². The van der Waals surface area contributed by atoms with Gasteiger partial charge in [-0.05, 0) is 64.4 Å². The van der Waals surface area contributed by atoms with Gasteiger partial charge in [0.15, 0.2) is 0 Å². The number of benzene rings is 1. The summed E-state index contributed by atoms with van der Waals surface area (Å²) in [5.41, 5.74) is 3.19. The minimum atomic E-state index is -0.0793. The van der Waals surface area contributed by atoms with Crippen molar-refractivity contribution in [2.75, 3.05) is 18.4 Å². The fraction of sp³-hybridized carbons (Fsp3) is 0.476. The van der Waals surface area contributed by atoms with Crippen LogP contribution >= 0.6 is 0 Å². The summed E-state index contributed by atoms with van der Waals surface area (Å²) < 4.78 is 0. The van der Waals surface area contributed by atoms with Crippen LogP contribution in [0.5, 0.6) is 0 Å². The molecule has 0 bridgehead atoms.